The molecule has 122 valence electrons. The van der Waals surface area contributed by atoms with Crippen molar-refractivity contribution in [1.29, 1.82) is 0 Å². The second-order valence-corrected chi connectivity index (χ2v) is 7.58. The van der Waals surface area contributed by atoms with E-state index in [4.69, 9.17) is 17.3 Å². The molecule has 0 bridgehead atoms. The van der Waals surface area contributed by atoms with Crippen LogP contribution in [-0.4, -0.2) is 45.5 Å². The van der Waals surface area contributed by atoms with E-state index in [1.165, 1.54) is 6.07 Å². The fourth-order valence-electron chi connectivity index (χ4n) is 1.51. The van der Waals surface area contributed by atoms with Crippen LogP contribution in [0.2, 0.25) is 4.34 Å². The zero-order valence-corrected chi connectivity index (χ0v) is 16.6. The van der Waals surface area contributed by atoms with E-state index in [1.807, 2.05) is 18.7 Å². The van der Waals surface area contributed by atoms with Crippen LogP contribution < -0.4 is 10.5 Å². The number of rotatable bonds is 7. The van der Waals surface area contributed by atoms with Gasteiger partial charge in [-0.2, -0.15) is 0 Å². The lowest BCUT2D eigenvalue weighted by Gasteiger charge is -2.19. The van der Waals surface area contributed by atoms with Crippen LogP contribution in [0.25, 0.3) is 0 Å². The van der Waals surface area contributed by atoms with E-state index >= 15 is 0 Å². The number of nitrogens with one attached hydrogen (secondary N) is 1. The SMILES string of the molecule is CCN(CC)C(N)=NCCNS(=O)(=O)c1ccc(Cl)s1.I. The number of hydrogen-bond acceptors (Lipinski definition) is 4. The molecule has 1 aromatic rings. The summed E-state index contributed by atoms with van der Waals surface area (Å²) in [7, 11) is -3.51. The smallest absolute Gasteiger partial charge is 0.250 e. The maximum atomic E-state index is 11.9. The normalized spacial score (nSPS) is 12.0. The Morgan fingerprint density at radius 3 is 2.52 bits per heavy atom. The molecule has 0 aliphatic heterocycles. The van der Waals surface area contributed by atoms with Gasteiger partial charge in [0.25, 0.3) is 0 Å². The number of hydrogen-bond donors (Lipinski definition) is 2. The average molecular weight is 467 g/mol. The summed E-state index contributed by atoms with van der Waals surface area (Å²) in [6, 6.07) is 3.03. The van der Waals surface area contributed by atoms with Crippen LogP contribution in [0.3, 0.4) is 0 Å². The highest BCUT2D eigenvalue weighted by atomic mass is 127. The van der Waals surface area contributed by atoms with Gasteiger partial charge in [-0.25, -0.2) is 13.1 Å². The molecule has 21 heavy (non-hydrogen) atoms. The van der Waals surface area contributed by atoms with Gasteiger partial charge in [0.1, 0.15) is 4.21 Å². The Labute approximate surface area is 151 Å². The van der Waals surface area contributed by atoms with Crippen molar-refractivity contribution in [1.82, 2.24) is 9.62 Å². The average Bonchev–Trinajstić information content (AvgIpc) is 2.84. The van der Waals surface area contributed by atoms with Crippen LogP contribution in [0.15, 0.2) is 21.3 Å². The Hall–Kier alpha value is -0.1000. The Morgan fingerprint density at radius 1 is 1.43 bits per heavy atom. The maximum Gasteiger partial charge on any atom is 0.250 e. The van der Waals surface area contributed by atoms with Crippen molar-refractivity contribution in [3.05, 3.63) is 16.5 Å². The second kappa shape index (κ2) is 9.82. The summed E-state index contributed by atoms with van der Waals surface area (Å²) >= 11 is 6.74. The van der Waals surface area contributed by atoms with Gasteiger partial charge in [-0.1, -0.05) is 11.6 Å². The minimum Gasteiger partial charge on any atom is -0.370 e. The number of nitrogens with zero attached hydrogens (tertiary/aromatic N) is 2. The number of guanidine groups is 1. The van der Waals surface area contributed by atoms with Crippen molar-refractivity contribution in [3.8, 4) is 0 Å². The van der Waals surface area contributed by atoms with Gasteiger partial charge < -0.3 is 10.6 Å². The van der Waals surface area contributed by atoms with Gasteiger partial charge in [-0.3, -0.25) is 4.99 Å². The molecule has 6 nitrogen and oxygen atoms in total. The molecular formula is C11H20ClIN4O2S2. The van der Waals surface area contributed by atoms with E-state index in [-0.39, 0.29) is 34.7 Å². The standard InChI is InChI=1S/C11H19ClN4O2S2.HI/c1-3-16(4-2)11(13)14-7-8-15-20(17,18)10-6-5-9(12)19-10;/h5-6,15H,3-4,7-8H2,1-2H3,(H2,13,14);1H. The van der Waals surface area contributed by atoms with E-state index in [2.05, 4.69) is 9.71 Å². The molecule has 0 aliphatic rings. The third-order valence-corrected chi connectivity index (χ3v) is 5.76. The number of thiophene rings is 1. The largest absolute Gasteiger partial charge is 0.370 e. The molecule has 0 fully saturated rings. The van der Waals surface area contributed by atoms with Gasteiger partial charge in [0.2, 0.25) is 10.0 Å². The van der Waals surface area contributed by atoms with Gasteiger partial charge in [-0.05, 0) is 26.0 Å². The molecule has 0 saturated heterocycles. The quantitative estimate of drug-likeness (QED) is 0.278. The fraction of sp³-hybridized carbons (Fsp3) is 0.545. The Balaban J connectivity index is 0.00000400. The highest BCUT2D eigenvalue weighted by Crippen LogP contribution is 2.25. The molecule has 0 aromatic carbocycles. The van der Waals surface area contributed by atoms with Gasteiger partial charge in [0, 0.05) is 19.6 Å². The molecule has 0 spiro atoms. The zero-order chi connectivity index (χ0) is 15.2. The van der Waals surface area contributed by atoms with Crippen molar-refractivity contribution < 1.29 is 8.42 Å². The molecule has 1 heterocycles. The van der Waals surface area contributed by atoms with Crippen molar-refractivity contribution in [2.45, 2.75) is 18.1 Å². The van der Waals surface area contributed by atoms with Crippen LogP contribution in [0.4, 0.5) is 0 Å². The molecule has 0 radical (unpaired) electrons. The lowest BCUT2D eigenvalue weighted by atomic mass is 10.5. The van der Waals surface area contributed by atoms with Crippen molar-refractivity contribution in [2.75, 3.05) is 26.2 Å². The first kappa shape index (κ1) is 20.9. The highest BCUT2D eigenvalue weighted by Gasteiger charge is 2.15. The Bertz CT molecular complexity index is 558. The first-order valence-corrected chi connectivity index (χ1v) is 8.88. The highest BCUT2D eigenvalue weighted by molar-refractivity contribution is 14.0. The summed E-state index contributed by atoms with van der Waals surface area (Å²) in [4.78, 5) is 6.04. The van der Waals surface area contributed by atoms with Crippen molar-refractivity contribution >= 4 is 62.9 Å². The monoisotopic (exact) mass is 466 g/mol. The van der Waals surface area contributed by atoms with Crippen molar-refractivity contribution in [2.24, 2.45) is 10.7 Å². The maximum absolute atomic E-state index is 11.9. The van der Waals surface area contributed by atoms with E-state index in [9.17, 15) is 8.42 Å². The number of nitrogens with two attached hydrogens (primary N) is 1. The number of sulfonamides is 1. The van der Waals surface area contributed by atoms with Crippen LogP contribution in [0.5, 0.6) is 0 Å². The summed E-state index contributed by atoms with van der Waals surface area (Å²) in [6.07, 6.45) is 0. The third kappa shape index (κ3) is 6.68. The first-order valence-electron chi connectivity index (χ1n) is 6.20. The zero-order valence-electron chi connectivity index (χ0n) is 11.9. The van der Waals surface area contributed by atoms with Crippen LogP contribution >= 0.6 is 46.9 Å². The third-order valence-electron chi connectivity index (χ3n) is 2.58. The van der Waals surface area contributed by atoms with Gasteiger partial charge >= 0.3 is 0 Å². The van der Waals surface area contributed by atoms with Crippen molar-refractivity contribution in [3.63, 3.8) is 0 Å². The summed E-state index contributed by atoms with van der Waals surface area (Å²) in [5.74, 6) is 0.424. The molecule has 1 rings (SSSR count). The summed E-state index contributed by atoms with van der Waals surface area (Å²) < 4.78 is 26.9. The van der Waals surface area contributed by atoms with Crippen LogP contribution in [0, 0.1) is 0 Å². The molecule has 0 atom stereocenters. The number of aliphatic imine (C=N–C) groups is 1. The molecule has 1 aromatic heterocycles. The molecule has 10 heteroatoms. The lowest BCUT2D eigenvalue weighted by molar-refractivity contribution is 0.458. The topological polar surface area (TPSA) is 87.8 Å². The summed E-state index contributed by atoms with van der Waals surface area (Å²) in [6.45, 7) is 5.99. The second-order valence-electron chi connectivity index (χ2n) is 3.87. The van der Waals surface area contributed by atoms with Crippen LogP contribution in [-0.2, 0) is 10.0 Å². The molecule has 0 saturated carbocycles. The summed E-state index contributed by atoms with van der Waals surface area (Å²) in [5.41, 5.74) is 5.79. The first-order chi connectivity index (χ1) is 9.40. The van der Waals surface area contributed by atoms with E-state index in [0.29, 0.717) is 16.8 Å². The van der Waals surface area contributed by atoms with Gasteiger partial charge in [-0.15, -0.1) is 35.3 Å². The molecule has 0 aliphatic carbocycles. The minimum atomic E-state index is -3.51. The fourth-order valence-corrected chi connectivity index (χ4v) is 4.06. The minimum absolute atomic E-state index is 0. The van der Waals surface area contributed by atoms with Gasteiger partial charge in [0.15, 0.2) is 5.96 Å². The molecule has 0 unspecified atom stereocenters. The van der Waals surface area contributed by atoms with E-state index < -0.39 is 10.0 Å². The lowest BCUT2D eigenvalue weighted by Crippen LogP contribution is -2.37. The predicted octanol–water partition coefficient (Wildman–Crippen LogP) is 1.95. The molecule has 3 N–H and O–H groups in total. The molecular weight excluding hydrogens is 447 g/mol. The predicted molar refractivity (Wildman–Crippen MR) is 99.3 cm³/mol. The van der Waals surface area contributed by atoms with Gasteiger partial charge in [0.05, 0.1) is 10.9 Å². The Kier molecular flexibility index (Phi) is 9.78. The van der Waals surface area contributed by atoms with Crippen LogP contribution in [0.1, 0.15) is 13.8 Å². The molecule has 0 amide bonds. The number of halogens is 2. The summed E-state index contributed by atoms with van der Waals surface area (Å²) in [5, 5.41) is 0. The Morgan fingerprint density at radius 2 is 2.05 bits per heavy atom. The van der Waals surface area contributed by atoms with E-state index in [1.54, 1.807) is 6.07 Å². The van der Waals surface area contributed by atoms with E-state index in [0.717, 1.165) is 24.4 Å².